The number of nitrogens with two attached hydrogens (primary N) is 1. The third-order valence-electron chi connectivity index (χ3n) is 4.18. The Morgan fingerprint density at radius 3 is 2.78 bits per heavy atom. The van der Waals surface area contributed by atoms with E-state index >= 15 is 0 Å². The van der Waals surface area contributed by atoms with Crippen LogP contribution in [0.1, 0.15) is 39.5 Å². The topological polar surface area (TPSA) is 79.9 Å². The van der Waals surface area contributed by atoms with E-state index in [0.29, 0.717) is 18.0 Å². The first kappa shape index (κ1) is 13.6. The summed E-state index contributed by atoms with van der Waals surface area (Å²) in [6.45, 7) is 5.74. The number of oxime groups is 1. The second kappa shape index (κ2) is 5.45. The number of hydrogen-bond donors (Lipinski definition) is 3. The maximum Gasteiger partial charge on any atom is 0.144 e. The molecule has 2 unspecified atom stereocenters. The van der Waals surface area contributed by atoms with Crippen molar-refractivity contribution in [3.05, 3.63) is 0 Å². The zero-order valence-electron chi connectivity index (χ0n) is 11.4. The highest BCUT2D eigenvalue weighted by Crippen LogP contribution is 2.38. The van der Waals surface area contributed by atoms with Crippen LogP contribution in [-0.2, 0) is 4.74 Å². The summed E-state index contributed by atoms with van der Waals surface area (Å²) >= 11 is 0. The largest absolute Gasteiger partial charge is 0.409 e. The quantitative estimate of drug-likeness (QED) is 0.289. The first-order valence-electron chi connectivity index (χ1n) is 6.87. The minimum Gasteiger partial charge on any atom is -0.409 e. The molecule has 2 rings (SSSR count). The number of rotatable bonds is 6. The van der Waals surface area contributed by atoms with E-state index in [1.165, 1.54) is 12.8 Å². The molecule has 0 amide bonds. The lowest BCUT2D eigenvalue weighted by molar-refractivity contribution is 0.0808. The van der Waals surface area contributed by atoms with Crippen molar-refractivity contribution in [2.45, 2.75) is 51.7 Å². The molecule has 2 fully saturated rings. The second-order valence-corrected chi connectivity index (χ2v) is 6.14. The normalized spacial score (nSPS) is 29.8. The number of amidine groups is 1. The fourth-order valence-electron chi connectivity index (χ4n) is 2.55. The summed E-state index contributed by atoms with van der Waals surface area (Å²) in [6.07, 6.45) is 5.01. The van der Waals surface area contributed by atoms with Crippen LogP contribution in [0.15, 0.2) is 5.16 Å². The van der Waals surface area contributed by atoms with Crippen LogP contribution < -0.4 is 11.1 Å². The molecule has 104 valence electrons. The molecule has 4 N–H and O–H groups in total. The van der Waals surface area contributed by atoms with Crippen molar-refractivity contribution < 1.29 is 9.94 Å². The first-order chi connectivity index (χ1) is 8.54. The number of ether oxygens (including phenoxy) is 1. The summed E-state index contributed by atoms with van der Waals surface area (Å²) in [5.74, 6) is 1.08. The Morgan fingerprint density at radius 1 is 1.44 bits per heavy atom. The van der Waals surface area contributed by atoms with Crippen LogP contribution in [0.3, 0.4) is 0 Å². The highest BCUT2D eigenvalue weighted by molar-refractivity contribution is 5.85. The van der Waals surface area contributed by atoms with Gasteiger partial charge in [-0.3, -0.25) is 0 Å². The van der Waals surface area contributed by atoms with E-state index in [4.69, 9.17) is 15.7 Å². The Labute approximate surface area is 109 Å². The summed E-state index contributed by atoms with van der Waals surface area (Å²) in [7, 11) is 0. The van der Waals surface area contributed by atoms with Crippen LogP contribution >= 0.6 is 0 Å². The average Bonchev–Trinajstić information content (AvgIpc) is 3.08. The van der Waals surface area contributed by atoms with E-state index in [0.717, 1.165) is 31.9 Å². The molecular weight excluding hydrogens is 230 g/mol. The maximum atomic E-state index is 8.73. The van der Waals surface area contributed by atoms with Gasteiger partial charge in [-0.2, -0.15) is 0 Å². The van der Waals surface area contributed by atoms with Gasteiger partial charge in [0.25, 0.3) is 0 Å². The Hall–Kier alpha value is -0.810. The molecule has 5 heteroatoms. The molecule has 0 bridgehead atoms. The molecule has 1 aliphatic heterocycles. The van der Waals surface area contributed by atoms with E-state index in [1.807, 2.05) is 13.8 Å². The van der Waals surface area contributed by atoms with Gasteiger partial charge in [-0.05, 0) is 38.1 Å². The van der Waals surface area contributed by atoms with Crippen molar-refractivity contribution in [3.8, 4) is 0 Å². The minimum absolute atomic E-state index is 0.268. The minimum atomic E-state index is -0.268. The van der Waals surface area contributed by atoms with Crippen molar-refractivity contribution in [1.29, 1.82) is 0 Å². The lowest BCUT2D eigenvalue weighted by Gasteiger charge is -2.25. The van der Waals surface area contributed by atoms with E-state index in [9.17, 15) is 0 Å². The highest BCUT2D eigenvalue weighted by Gasteiger charge is 2.40. The Bertz CT molecular complexity index is 313. The third kappa shape index (κ3) is 3.14. The van der Waals surface area contributed by atoms with Crippen molar-refractivity contribution in [2.75, 3.05) is 13.2 Å². The molecule has 2 aliphatic rings. The maximum absolute atomic E-state index is 8.73. The fourth-order valence-corrected chi connectivity index (χ4v) is 2.55. The molecule has 2 atom stereocenters. The molecule has 5 nitrogen and oxygen atoms in total. The van der Waals surface area contributed by atoms with Crippen LogP contribution in [-0.4, -0.2) is 36.3 Å². The van der Waals surface area contributed by atoms with Crippen LogP contribution in [0, 0.1) is 11.3 Å². The van der Waals surface area contributed by atoms with Gasteiger partial charge in [0, 0.05) is 18.1 Å². The van der Waals surface area contributed by atoms with Gasteiger partial charge in [0.05, 0.1) is 6.10 Å². The first-order valence-corrected chi connectivity index (χ1v) is 6.87. The summed E-state index contributed by atoms with van der Waals surface area (Å²) < 4.78 is 5.79. The van der Waals surface area contributed by atoms with E-state index in [1.54, 1.807) is 0 Å². The number of nitrogens with zero attached hydrogens (tertiary/aromatic N) is 1. The smallest absolute Gasteiger partial charge is 0.144 e. The van der Waals surface area contributed by atoms with Gasteiger partial charge in [0.15, 0.2) is 0 Å². The van der Waals surface area contributed by atoms with Gasteiger partial charge in [-0.25, -0.2) is 0 Å². The van der Waals surface area contributed by atoms with Gasteiger partial charge in [-0.1, -0.05) is 19.0 Å². The molecule has 0 aromatic rings. The molecule has 1 aliphatic carbocycles. The molecule has 0 spiro atoms. The van der Waals surface area contributed by atoms with Crippen molar-refractivity contribution in [1.82, 2.24) is 5.32 Å². The van der Waals surface area contributed by atoms with Gasteiger partial charge >= 0.3 is 0 Å². The highest BCUT2D eigenvalue weighted by atomic mass is 16.5. The molecule has 1 saturated heterocycles. The monoisotopic (exact) mass is 255 g/mol. The summed E-state index contributed by atoms with van der Waals surface area (Å²) in [5.41, 5.74) is 5.41. The number of nitrogens with one attached hydrogen (secondary N) is 1. The van der Waals surface area contributed by atoms with Gasteiger partial charge in [-0.15, -0.1) is 0 Å². The van der Waals surface area contributed by atoms with E-state index in [2.05, 4.69) is 10.5 Å². The Balaban J connectivity index is 1.74. The lowest BCUT2D eigenvalue weighted by Crippen LogP contribution is -2.41. The molecular formula is C13H25N3O2. The predicted octanol–water partition coefficient (Wildman–Crippen LogP) is 1.31. The summed E-state index contributed by atoms with van der Waals surface area (Å²) in [4.78, 5) is 0. The zero-order chi connectivity index (χ0) is 13.2. The Kier molecular flexibility index (Phi) is 4.12. The average molecular weight is 255 g/mol. The Morgan fingerprint density at radius 2 is 2.17 bits per heavy atom. The molecule has 18 heavy (non-hydrogen) atoms. The van der Waals surface area contributed by atoms with Gasteiger partial charge < -0.3 is 21.0 Å². The summed E-state index contributed by atoms with van der Waals surface area (Å²) in [5, 5.41) is 15.4. The van der Waals surface area contributed by atoms with Crippen molar-refractivity contribution >= 4 is 5.84 Å². The van der Waals surface area contributed by atoms with Crippen molar-refractivity contribution in [2.24, 2.45) is 22.2 Å². The lowest BCUT2D eigenvalue weighted by atomic mass is 9.88. The molecule has 0 radical (unpaired) electrons. The van der Waals surface area contributed by atoms with E-state index < -0.39 is 0 Å². The number of hydrogen-bond acceptors (Lipinski definition) is 4. The fraction of sp³-hybridized carbons (Fsp3) is 0.923. The van der Waals surface area contributed by atoms with Crippen LogP contribution in [0.4, 0.5) is 0 Å². The third-order valence-corrected chi connectivity index (χ3v) is 4.18. The molecule has 0 aromatic carbocycles. The van der Waals surface area contributed by atoms with Crippen LogP contribution in [0.25, 0.3) is 0 Å². The van der Waals surface area contributed by atoms with Crippen molar-refractivity contribution in [3.63, 3.8) is 0 Å². The SMILES string of the molecule is CC(C)(CCNC1CCOC1C1CC1)C(N)=NO. The second-order valence-electron chi connectivity index (χ2n) is 6.14. The van der Waals surface area contributed by atoms with Gasteiger partial charge in [0.2, 0.25) is 0 Å². The van der Waals surface area contributed by atoms with Crippen LogP contribution in [0.2, 0.25) is 0 Å². The van der Waals surface area contributed by atoms with Crippen LogP contribution in [0.5, 0.6) is 0 Å². The van der Waals surface area contributed by atoms with E-state index in [-0.39, 0.29) is 5.41 Å². The molecule has 0 aromatic heterocycles. The predicted molar refractivity (Wildman–Crippen MR) is 70.7 cm³/mol. The molecule has 1 saturated carbocycles. The van der Waals surface area contributed by atoms with Gasteiger partial charge in [0.1, 0.15) is 5.84 Å². The zero-order valence-corrected chi connectivity index (χ0v) is 11.4. The summed E-state index contributed by atoms with van der Waals surface area (Å²) in [6, 6.07) is 0.487. The molecule has 1 heterocycles. The standard InChI is InChI=1S/C13H25N3O2/c1-13(2,12(14)16-17)6-7-15-10-5-8-18-11(10)9-3-4-9/h9-11,15,17H,3-8H2,1-2H3,(H2,14,16).